The lowest BCUT2D eigenvalue weighted by Crippen LogP contribution is -2.48. The summed E-state index contributed by atoms with van der Waals surface area (Å²) in [7, 11) is 1.52. The topological polar surface area (TPSA) is 107 Å². The van der Waals surface area contributed by atoms with Crippen molar-refractivity contribution in [2.45, 2.75) is 18.0 Å². The van der Waals surface area contributed by atoms with E-state index >= 15 is 0 Å². The highest BCUT2D eigenvalue weighted by Gasteiger charge is 2.71. The molecule has 8 nitrogen and oxygen atoms in total. The number of ether oxygens (including phenoxy) is 1. The van der Waals surface area contributed by atoms with Gasteiger partial charge in [-0.05, 0) is 29.3 Å². The molecule has 206 valence electrons. The Hall–Kier alpha value is -5.37. The monoisotopic (exact) mass is 556 g/mol. The molecular weight excluding hydrogens is 532 g/mol. The number of rotatable bonds is 5. The molecule has 1 aliphatic carbocycles. The van der Waals surface area contributed by atoms with Gasteiger partial charge in [0.05, 0.1) is 18.1 Å². The predicted molar refractivity (Wildman–Crippen MR) is 156 cm³/mol. The molecule has 1 fully saturated rings. The van der Waals surface area contributed by atoms with Crippen molar-refractivity contribution in [2.24, 2.45) is 5.41 Å². The van der Waals surface area contributed by atoms with Gasteiger partial charge < -0.3 is 9.64 Å². The maximum absolute atomic E-state index is 14.7. The summed E-state index contributed by atoms with van der Waals surface area (Å²) >= 11 is 0. The van der Waals surface area contributed by atoms with Crippen molar-refractivity contribution in [1.29, 1.82) is 0 Å². The minimum Gasteiger partial charge on any atom is -0.497 e. The Morgan fingerprint density at radius 2 is 1.55 bits per heavy atom. The highest BCUT2D eigenvalue weighted by atomic mass is 16.6. The summed E-state index contributed by atoms with van der Waals surface area (Å²) in [6, 6.07) is 25.2. The largest absolute Gasteiger partial charge is 0.497 e. The molecule has 2 aliphatic heterocycles. The van der Waals surface area contributed by atoms with Crippen LogP contribution in [-0.2, 0) is 0 Å². The molecule has 4 aromatic rings. The number of anilines is 1. The van der Waals surface area contributed by atoms with E-state index in [2.05, 4.69) is 0 Å². The molecule has 1 saturated heterocycles. The Balaban J connectivity index is 1.53. The fourth-order valence-electron chi connectivity index (χ4n) is 7.04. The number of hydrogen-bond acceptors (Lipinski definition) is 7. The van der Waals surface area contributed by atoms with E-state index in [0.717, 1.165) is 11.3 Å². The van der Waals surface area contributed by atoms with Gasteiger partial charge >= 0.3 is 0 Å². The Labute approximate surface area is 241 Å². The number of methoxy groups -OCH3 is 1. The van der Waals surface area contributed by atoms with E-state index in [-0.39, 0.29) is 23.0 Å². The SMILES string of the molecule is COc1cccc(C(=O)[C@@H]2[C@@H](c3ccc([N+](=O)[O-])cc3)C3(C(=O)c4ccccc4C3=O)[C@H]3C=Cc4ccccc4N23)c1. The third-order valence-electron chi connectivity index (χ3n) is 8.80. The number of fused-ring (bicyclic) bond motifs is 5. The average Bonchev–Trinajstić information content (AvgIpc) is 3.47. The van der Waals surface area contributed by atoms with E-state index < -0.39 is 28.3 Å². The molecule has 0 aromatic heterocycles. The summed E-state index contributed by atoms with van der Waals surface area (Å²) in [4.78, 5) is 56.9. The molecule has 4 aromatic carbocycles. The van der Waals surface area contributed by atoms with Crippen molar-refractivity contribution in [1.82, 2.24) is 0 Å². The van der Waals surface area contributed by atoms with E-state index in [0.29, 0.717) is 28.0 Å². The zero-order valence-electron chi connectivity index (χ0n) is 22.5. The Bertz CT molecular complexity index is 1810. The van der Waals surface area contributed by atoms with Gasteiger partial charge in [0.25, 0.3) is 5.69 Å². The number of non-ortho nitro benzene ring substituents is 1. The number of ketones is 3. The number of Topliss-reactive ketones (excluding diaryl/α,β-unsaturated/α-hetero) is 3. The summed E-state index contributed by atoms with van der Waals surface area (Å²) in [6.07, 6.45) is 3.74. The molecule has 3 aliphatic rings. The minimum absolute atomic E-state index is 0.128. The van der Waals surface area contributed by atoms with Gasteiger partial charge in [-0.15, -0.1) is 0 Å². The average molecular weight is 557 g/mol. The molecule has 0 amide bonds. The number of benzene rings is 4. The molecular formula is C34H24N2O6. The van der Waals surface area contributed by atoms with E-state index in [9.17, 15) is 24.5 Å². The van der Waals surface area contributed by atoms with Crippen LogP contribution in [0.15, 0.2) is 103 Å². The molecule has 0 unspecified atom stereocenters. The van der Waals surface area contributed by atoms with Gasteiger partial charge in [0.1, 0.15) is 17.2 Å². The molecule has 1 spiro atoms. The quantitative estimate of drug-likeness (QED) is 0.130. The first kappa shape index (κ1) is 25.6. The second-order valence-corrected chi connectivity index (χ2v) is 10.7. The van der Waals surface area contributed by atoms with E-state index in [4.69, 9.17) is 4.74 Å². The summed E-state index contributed by atoms with van der Waals surface area (Å²) in [5.41, 5.74) is 1.27. The number of carbonyl (C=O) groups is 3. The molecule has 3 atom stereocenters. The Kier molecular flexibility index (Phi) is 5.69. The molecule has 0 radical (unpaired) electrons. The van der Waals surface area contributed by atoms with E-state index in [1.54, 1.807) is 60.7 Å². The van der Waals surface area contributed by atoms with Crippen LogP contribution in [-0.4, -0.2) is 41.5 Å². The molecule has 0 saturated carbocycles. The highest BCUT2D eigenvalue weighted by Crippen LogP contribution is 2.61. The van der Waals surface area contributed by atoms with Crippen LogP contribution < -0.4 is 9.64 Å². The van der Waals surface area contributed by atoms with Crippen molar-refractivity contribution < 1.29 is 24.0 Å². The lowest BCUT2D eigenvalue weighted by atomic mass is 9.64. The van der Waals surface area contributed by atoms with Gasteiger partial charge in [0.2, 0.25) is 0 Å². The van der Waals surface area contributed by atoms with Gasteiger partial charge in [-0.3, -0.25) is 24.5 Å². The number of nitro benzene ring substituents is 1. The van der Waals surface area contributed by atoms with Crippen LogP contribution in [0.2, 0.25) is 0 Å². The zero-order chi connectivity index (χ0) is 29.2. The van der Waals surface area contributed by atoms with Gasteiger partial charge in [-0.1, -0.05) is 78.9 Å². The van der Waals surface area contributed by atoms with Gasteiger partial charge in [-0.2, -0.15) is 0 Å². The molecule has 2 heterocycles. The summed E-state index contributed by atoms with van der Waals surface area (Å²) in [5.74, 6) is -1.46. The fraction of sp³-hybridized carbons (Fsp3) is 0.147. The van der Waals surface area contributed by atoms with Gasteiger partial charge in [0, 0.05) is 40.4 Å². The van der Waals surface area contributed by atoms with E-state index in [1.807, 2.05) is 41.3 Å². The van der Waals surface area contributed by atoms with Crippen LogP contribution >= 0.6 is 0 Å². The normalized spacial score (nSPS) is 21.2. The zero-order valence-corrected chi connectivity index (χ0v) is 22.5. The van der Waals surface area contributed by atoms with Crippen LogP contribution in [0.4, 0.5) is 11.4 Å². The predicted octanol–water partition coefficient (Wildman–Crippen LogP) is 5.92. The van der Waals surface area contributed by atoms with Crippen molar-refractivity contribution in [3.8, 4) is 5.75 Å². The number of para-hydroxylation sites is 1. The third kappa shape index (κ3) is 3.38. The van der Waals surface area contributed by atoms with Gasteiger partial charge in [-0.25, -0.2) is 0 Å². The lowest BCUT2D eigenvalue weighted by Gasteiger charge is -2.37. The Morgan fingerprint density at radius 1 is 0.881 bits per heavy atom. The molecule has 0 bridgehead atoms. The smallest absolute Gasteiger partial charge is 0.269 e. The van der Waals surface area contributed by atoms with E-state index in [1.165, 1.54) is 19.2 Å². The maximum Gasteiger partial charge on any atom is 0.269 e. The summed E-state index contributed by atoms with van der Waals surface area (Å²) < 4.78 is 5.40. The standard InChI is InChI=1S/C34H24N2O6/c1-42-24-9-6-8-22(19-24)31(37)30-29(21-13-16-23(17-14-21)36(40)41)34(32(38)25-10-3-4-11-26(25)33(34)39)28-18-15-20-7-2-5-12-27(20)35(28)30/h2-19,28-30H,1H3/t28-,29-,30+/m1/s1. The molecule has 42 heavy (non-hydrogen) atoms. The number of nitrogens with zero attached hydrogens (tertiary/aromatic N) is 2. The first-order valence-electron chi connectivity index (χ1n) is 13.5. The number of hydrogen-bond donors (Lipinski definition) is 0. The Morgan fingerprint density at radius 3 is 2.21 bits per heavy atom. The first-order chi connectivity index (χ1) is 20.4. The van der Waals surface area contributed by atoms with Crippen LogP contribution in [0.1, 0.15) is 48.1 Å². The number of carbonyl (C=O) groups excluding carboxylic acids is 3. The molecule has 7 rings (SSSR count). The van der Waals surface area contributed by atoms with Crippen molar-refractivity contribution in [2.75, 3.05) is 12.0 Å². The van der Waals surface area contributed by atoms with Crippen LogP contribution in [0.3, 0.4) is 0 Å². The summed E-state index contributed by atoms with van der Waals surface area (Å²) in [6.45, 7) is 0. The van der Waals surface area contributed by atoms with Crippen LogP contribution in [0, 0.1) is 15.5 Å². The lowest BCUT2D eigenvalue weighted by molar-refractivity contribution is -0.384. The fourth-order valence-corrected chi connectivity index (χ4v) is 7.04. The molecule has 0 N–H and O–H groups in total. The van der Waals surface area contributed by atoms with Crippen molar-refractivity contribution in [3.63, 3.8) is 0 Å². The molecule has 8 heteroatoms. The van der Waals surface area contributed by atoms with Crippen LogP contribution in [0.5, 0.6) is 5.75 Å². The second kappa shape index (κ2) is 9.34. The van der Waals surface area contributed by atoms with Crippen LogP contribution in [0.25, 0.3) is 6.08 Å². The second-order valence-electron chi connectivity index (χ2n) is 10.7. The third-order valence-corrected chi connectivity index (χ3v) is 8.80. The van der Waals surface area contributed by atoms with Crippen molar-refractivity contribution >= 4 is 34.8 Å². The maximum atomic E-state index is 14.7. The van der Waals surface area contributed by atoms with Gasteiger partial charge in [0.15, 0.2) is 17.3 Å². The minimum atomic E-state index is -1.68. The van der Waals surface area contributed by atoms with Crippen molar-refractivity contribution in [3.05, 3.63) is 141 Å². The number of nitro groups is 1. The first-order valence-corrected chi connectivity index (χ1v) is 13.5. The summed E-state index contributed by atoms with van der Waals surface area (Å²) in [5, 5.41) is 11.5. The highest BCUT2D eigenvalue weighted by molar-refractivity contribution is 6.32.